The molecule has 0 aliphatic heterocycles. The largest absolute Gasteiger partial charge is 0.488 e. The standard InChI is InChI=1S/C24H34O4S/c1-9-23(5,6)29(25,26)28-21-16-12-19(13-17-21)24(7,8)18-10-14-20(15-11-18)27-22(2,3)4/h10-17H,9H2,1-8H3. The summed E-state index contributed by atoms with van der Waals surface area (Å²) in [6, 6.07) is 15.4. The Kier molecular flexibility index (Phi) is 6.43. The summed E-state index contributed by atoms with van der Waals surface area (Å²) < 4.78 is 35.2. The fourth-order valence-corrected chi connectivity index (χ4v) is 3.75. The number of hydrogen-bond acceptors (Lipinski definition) is 4. The monoisotopic (exact) mass is 418 g/mol. The Bertz CT molecular complexity index is 916. The Hall–Kier alpha value is -2.01. The van der Waals surface area contributed by atoms with Gasteiger partial charge in [-0.15, -0.1) is 0 Å². The van der Waals surface area contributed by atoms with Gasteiger partial charge in [0.05, 0.1) is 0 Å². The summed E-state index contributed by atoms with van der Waals surface area (Å²) in [6.07, 6.45) is 0.482. The van der Waals surface area contributed by atoms with Gasteiger partial charge in [-0.3, -0.25) is 0 Å². The predicted octanol–water partition coefficient (Wildman–Crippen LogP) is 6.09. The van der Waals surface area contributed by atoms with Crippen LogP contribution in [-0.4, -0.2) is 18.8 Å². The molecule has 0 amide bonds. The predicted molar refractivity (Wildman–Crippen MR) is 119 cm³/mol. The van der Waals surface area contributed by atoms with E-state index in [0.717, 1.165) is 16.9 Å². The van der Waals surface area contributed by atoms with Gasteiger partial charge in [0.25, 0.3) is 0 Å². The zero-order valence-electron chi connectivity index (χ0n) is 18.9. The van der Waals surface area contributed by atoms with Gasteiger partial charge >= 0.3 is 10.1 Å². The van der Waals surface area contributed by atoms with Crippen molar-refractivity contribution in [3.05, 3.63) is 59.7 Å². The van der Waals surface area contributed by atoms with Crippen LogP contribution in [-0.2, 0) is 15.5 Å². The summed E-state index contributed by atoms with van der Waals surface area (Å²) in [5, 5.41) is 0. The first-order valence-electron chi connectivity index (χ1n) is 10.0. The maximum absolute atomic E-state index is 12.5. The lowest BCUT2D eigenvalue weighted by molar-refractivity contribution is 0.131. The highest BCUT2D eigenvalue weighted by Gasteiger charge is 2.34. The second-order valence-corrected chi connectivity index (χ2v) is 11.7. The fraction of sp³-hybridized carbons (Fsp3) is 0.500. The molecule has 2 aromatic rings. The Morgan fingerprint density at radius 1 is 0.724 bits per heavy atom. The molecule has 2 aromatic carbocycles. The molecule has 0 aliphatic rings. The molecule has 0 atom stereocenters. The van der Waals surface area contributed by atoms with Gasteiger partial charge in [0.15, 0.2) is 0 Å². The summed E-state index contributed by atoms with van der Waals surface area (Å²) in [6.45, 7) is 15.5. The molecule has 160 valence electrons. The lowest BCUT2D eigenvalue weighted by Crippen LogP contribution is -2.34. The van der Waals surface area contributed by atoms with E-state index in [9.17, 15) is 8.42 Å². The maximum Gasteiger partial charge on any atom is 0.314 e. The van der Waals surface area contributed by atoms with Crippen molar-refractivity contribution in [3.8, 4) is 11.5 Å². The SMILES string of the molecule is CCC(C)(C)S(=O)(=O)Oc1ccc(C(C)(C)c2ccc(OC(C)(C)C)cc2)cc1. The van der Waals surface area contributed by atoms with Gasteiger partial charge in [-0.2, -0.15) is 8.42 Å². The molecule has 2 rings (SSSR count). The average molecular weight is 419 g/mol. The van der Waals surface area contributed by atoms with Crippen molar-refractivity contribution in [1.82, 2.24) is 0 Å². The van der Waals surface area contributed by atoms with Crippen molar-refractivity contribution in [3.63, 3.8) is 0 Å². The molecule has 5 heteroatoms. The molecule has 0 saturated heterocycles. The minimum Gasteiger partial charge on any atom is -0.488 e. The minimum atomic E-state index is -3.70. The molecule has 0 aromatic heterocycles. The van der Waals surface area contributed by atoms with Crippen molar-refractivity contribution in [1.29, 1.82) is 0 Å². The first-order chi connectivity index (χ1) is 13.2. The van der Waals surface area contributed by atoms with Crippen molar-refractivity contribution in [2.45, 2.75) is 77.6 Å². The molecular formula is C24H34O4S. The van der Waals surface area contributed by atoms with E-state index in [1.54, 1.807) is 26.0 Å². The zero-order chi connectivity index (χ0) is 22.1. The van der Waals surface area contributed by atoms with E-state index in [4.69, 9.17) is 8.92 Å². The third kappa shape index (κ3) is 5.53. The summed E-state index contributed by atoms with van der Waals surface area (Å²) >= 11 is 0. The van der Waals surface area contributed by atoms with E-state index in [-0.39, 0.29) is 11.0 Å². The number of benzene rings is 2. The van der Waals surface area contributed by atoms with E-state index in [1.165, 1.54) is 0 Å². The van der Waals surface area contributed by atoms with Crippen LogP contribution >= 0.6 is 0 Å². The molecule has 4 nitrogen and oxygen atoms in total. The van der Waals surface area contributed by atoms with Crippen LogP contribution < -0.4 is 8.92 Å². The topological polar surface area (TPSA) is 52.6 Å². The van der Waals surface area contributed by atoms with Gasteiger partial charge in [-0.05, 0) is 76.4 Å². The van der Waals surface area contributed by atoms with Crippen LogP contribution in [0.2, 0.25) is 0 Å². The van der Waals surface area contributed by atoms with Crippen molar-refractivity contribution < 1.29 is 17.3 Å². The number of hydrogen-bond donors (Lipinski definition) is 0. The Morgan fingerprint density at radius 3 is 1.52 bits per heavy atom. The van der Waals surface area contributed by atoms with E-state index >= 15 is 0 Å². The van der Waals surface area contributed by atoms with E-state index in [0.29, 0.717) is 12.2 Å². The second kappa shape index (κ2) is 8.02. The second-order valence-electron chi connectivity index (χ2n) is 9.54. The lowest BCUT2D eigenvalue weighted by atomic mass is 9.78. The maximum atomic E-state index is 12.5. The Balaban J connectivity index is 2.22. The van der Waals surface area contributed by atoms with Gasteiger partial charge in [0.2, 0.25) is 0 Å². The zero-order valence-corrected chi connectivity index (χ0v) is 19.7. The summed E-state index contributed by atoms with van der Waals surface area (Å²) in [5.74, 6) is 1.17. The molecule has 0 aliphatic carbocycles. The van der Waals surface area contributed by atoms with Crippen LogP contribution in [0.25, 0.3) is 0 Å². The molecule has 0 heterocycles. The van der Waals surface area contributed by atoms with Crippen LogP contribution in [0.1, 0.15) is 72.9 Å². The molecule has 0 saturated carbocycles. The minimum absolute atomic E-state index is 0.237. The molecule has 0 bridgehead atoms. The number of ether oxygens (including phenoxy) is 1. The van der Waals surface area contributed by atoms with Gasteiger partial charge in [0.1, 0.15) is 21.8 Å². The molecule has 0 radical (unpaired) electrons. The molecular weight excluding hydrogens is 384 g/mol. The van der Waals surface area contributed by atoms with Gasteiger partial charge in [-0.1, -0.05) is 45.0 Å². The first-order valence-corrected chi connectivity index (χ1v) is 11.4. The average Bonchev–Trinajstić information content (AvgIpc) is 2.60. The van der Waals surface area contributed by atoms with Crippen molar-refractivity contribution >= 4 is 10.1 Å². The van der Waals surface area contributed by atoms with Crippen molar-refractivity contribution in [2.75, 3.05) is 0 Å². The summed E-state index contributed by atoms with van der Waals surface area (Å²) in [7, 11) is -3.70. The highest BCUT2D eigenvalue weighted by molar-refractivity contribution is 7.88. The summed E-state index contributed by atoms with van der Waals surface area (Å²) in [4.78, 5) is 0. The van der Waals surface area contributed by atoms with Crippen LogP contribution in [0.4, 0.5) is 0 Å². The third-order valence-corrected chi connectivity index (χ3v) is 7.36. The third-order valence-electron chi connectivity index (χ3n) is 5.31. The first kappa shape index (κ1) is 23.3. The van der Waals surface area contributed by atoms with E-state index < -0.39 is 14.9 Å². The highest BCUT2D eigenvalue weighted by Crippen LogP contribution is 2.34. The lowest BCUT2D eigenvalue weighted by Gasteiger charge is -2.27. The molecule has 0 N–H and O–H groups in total. The summed E-state index contributed by atoms with van der Waals surface area (Å²) in [5.41, 5.74) is 1.73. The van der Waals surface area contributed by atoms with Gasteiger partial charge < -0.3 is 8.92 Å². The number of rotatable bonds is 7. The van der Waals surface area contributed by atoms with Crippen LogP contribution in [0, 0.1) is 0 Å². The van der Waals surface area contributed by atoms with Gasteiger partial charge in [-0.25, -0.2) is 0 Å². The van der Waals surface area contributed by atoms with Crippen LogP contribution in [0.15, 0.2) is 48.5 Å². The molecule has 29 heavy (non-hydrogen) atoms. The molecule has 0 unspecified atom stereocenters. The van der Waals surface area contributed by atoms with Crippen molar-refractivity contribution in [2.24, 2.45) is 0 Å². The molecule has 0 spiro atoms. The van der Waals surface area contributed by atoms with E-state index in [1.807, 2.05) is 52.0 Å². The highest BCUT2D eigenvalue weighted by atomic mass is 32.2. The van der Waals surface area contributed by atoms with Gasteiger partial charge in [0, 0.05) is 5.41 Å². The normalized spacial score (nSPS) is 13.2. The van der Waals surface area contributed by atoms with E-state index in [2.05, 4.69) is 26.0 Å². The smallest absolute Gasteiger partial charge is 0.314 e. The molecule has 0 fully saturated rings. The Morgan fingerprint density at radius 2 is 1.14 bits per heavy atom. The fourth-order valence-electron chi connectivity index (χ4n) is 2.80. The van der Waals surface area contributed by atoms with Crippen LogP contribution in [0.3, 0.4) is 0 Å². The quantitative estimate of drug-likeness (QED) is 0.511. The van der Waals surface area contributed by atoms with Crippen LogP contribution in [0.5, 0.6) is 11.5 Å². The Labute approximate surface area is 176 Å².